The molecule has 0 bridgehead atoms. The second-order valence-electron chi connectivity index (χ2n) is 3.54. The molecular formula is C12H16FNO3S. The van der Waals surface area contributed by atoms with Crippen LogP contribution in [0.15, 0.2) is 41.8 Å². The summed E-state index contributed by atoms with van der Waals surface area (Å²) in [4.78, 5) is 0.0370. The number of halogens is 1. The summed E-state index contributed by atoms with van der Waals surface area (Å²) >= 11 is 0. The van der Waals surface area contributed by atoms with Crippen molar-refractivity contribution >= 4 is 10.0 Å². The maximum atomic E-state index is 12.7. The maximum Gasteiger partial charge on any atom is 0.240 e. The Kier molecular flexibility index (Phi) is 5.97. The van der Waals surface area contributed by atoms with Crippen LogP contribution in [0.4, 0.5) is 4.39 Å². The standard InChI is InChI=1S/C12H16FNO3S/c1-2-3-9-17-10-8-14-18(15,16)12-6-4-11(13)5-7-12/h2,4-7,14H,1,3,8-10H2. The Morgan fingerprint density at radius 1 is 1.28 bits per heavy atom. The quantitative estimate of drug-likeness (QED) is 0.579. The average Bonchev–Trinajstić information content (AvgIpc) is 2.34. The van der Waals surface area contributed by atoms with E-state index in [4.69, 9.17) is 4.74 Å². The first-order valence-corrected chi connectivity index (χ1v) is 6.98. The van der Waals surface area contributed by atoms with Crippen molar-refractivity contribution in [2.75, 3.05) is 19.8 Å². The van der Waals surface area contributed by atoms with E-state index in [0.29, 0.717) is 6.61 Å². The van der Waals surface area contributed by atoms with Gasteiger partial charge in [-0.05, 0) is 30.7 Å². The van der Waals surface area contributed by atoms with Gasteiger partial charge in [-0.15, -0.1) is 6.58 Å². The second-order valence-corrected chi connectivity index (χ2v) is 5.31. The topological polar surface area (TPSA) is 55.4 Å². The molecule has 1 N–H and O–H groups in total. The van der Waals surface area contributed by atoms with Gasteiger partial charge in [0.05, 0.1) is 18.1 Å². The van der Waals surface area contributed by atoms with E-state index in [9.17, 15) is 12.8 Å². The molecule has 0 aromatic heterocycles. The fourth-order valence-corrected chi connectivity index (χ4v) is 2.23. The number of benzene rings is 1. The molecule has 0 spiro atoms. The molecular weight excluding hydrogens is 257 g/mol. The van der Waals surface area contributed by atoms with Gasteiger partial charge in [0, 0.05) is 6.54 Å². The maximum absolute atomic E-state index is 12.7. The number of hydrogen-bond acceptors (Lipinski definition) is 3. The van der Waals surface area contributed by atoms with Gasteiger partial charge in [-0.1, -0.05) is 6.08 Å². The van der Waals surface area contributed by atoms with E-state index >= 15 is 0 Å². The smallest absolute Gasteiger partial charge is 0.240 e. The highest BCUT2D eigenvalue weighted by Crippen LogP contribution is 2.08. The minimum absolute atomic E-state index is 0.0370. The van der Waals surface area contributed by atoms with Crippen LogP contribution in [-0.4, -0.2) is 28.2 Å². The number of nitrogens with one attached hydrogen (secondary N) is 1. The number of hydrogen-bond donors (Lipinski definition) is 1. The van der Waals surface area contributed by atoms with Gasteiger partial charge in [-0.25, -0.2) is 17.5 Å². The summed E-state index contributed by atoms with van der Waals surface area (Å²) in [6.45, 7) is 4.52. The molecule has 4 nitrogen and oxygen atoms in total. The summed E-state index contributed by atoms with van der Waals surface area (Å²) in [6.07, 6.45) is 2.45. The molecule has 0 fully saturated rings. The fraction of sp³-hybridized carbons (Fsp3) is 0.333. The average molecular weight is 273 g/mol. The van der Waals surface area contributed by atoms with E-state index in [0.717, 1.165) is 18.6 Å². The molecule has 18 heavy (non-hydrogen) atoms. The largest absolute Gasteiger partial charge is 0.380 e. The van der Waals surface area contributed by atoms with Crippen LogP contribution in [0.2, 0.25) is 0 Å². The zero-order chi connectivity index (χ0) is 13.4. The molecule has 0 saturated heterocycles. The summed E-state index contributed by atoms with van der Waals surface area (Å²) in [6, 6.07) is 4.65. The summed E-state index contributed by atoms with van der Waals surface area (Å²) < 4.78 is 43.6. The van der Waals surface area contributed by atoms with Crippen LogP contribution in [-0.2, 0) is 14.8 Å². The molecule has 6 heteroatoms. The highest BCUT2D eigenvalue weighted by atomic mass is 32.2. The monoisotopic (exact) mass is 273 g/mol. The summed E-state index contributed by atoms with van der Waals surface area (Å²) in [5.74, 6) is -0.471. The van der Waals surface area contributed by atoms with E-state index in [1.165, 1.54) is 12.1 Å². The molecule has 1 aromatic rings. The summed E-state index contributed by atoms with van der Waals surface area (Å²) in [5, 5.41) is 0. The van der Waals surface area contributed by atoms with Crippen molar-refractivity contribution in [1.82, 2.24) is 4.72 Å². The molecule has 0 amide bonds. The highest BCUT2D eigenvalue weighted by Gasteiger charge is 2.12. The van der Waals surface area contributed by atoms with Crippen LogP contribution in [0, 0.1) is 5.82 Å². The van der Waals surface area contributed by atoms with Crippen molar-refractivity contribution in [3.63, 3.8) is 0 Å². The Hall–Kier alpha value is -1.24. The lowest BCUT2D eigenvalue weighted by molar-refractivity contribution is 0.144. The molecule has 0 aliphatic carbocycles. The van der Waals surface area contributed by atoms with E-state index in [1.54, 1.807) is 6.08 Å². The van der Waals surface area contributed by atoms with Gasteiger partial charge < -0.3 is 4.74 Å². The molecule has 0 radical (unpaired) electrons. The third kappa shape index (κ3) is 4.95. The normalized spacial score (nSPS) is 11.4. The molecule has 1 rings (SSSR count). The van der Waals surface area contributed by atoms with Gasteiger partial charge in [-0.2, -0.15) is 0 Å². The van der Waals surface area contributed by atoms with E-state index < -0.39 is 15.8 Å². The van der Waals surface area contributed by atoms with Crippen molar-refractivity contribution < 1.29 is 17.5 Å². The van der Waals surface area contributed by atoms with Crippen LogP contribution < -0.4 is 4.72 Å². The Morgan fingerprint density at radius 3 is 2.56 bits per heavy atom. The molecule has 0 aliphatic rings. The predicted octanol–water partition coefficient (Wildman–Crippen LogP) is 1.70. The van der Waals surface area contributed by atoms with Gasteiger partial charge >= 0.3 is 0 Å². The summed E-state index contributed by atoms with van der Waals surface area (Å²) in [5.41, 5.74) is 0. The first kappa shape index (κ1) is 14.8. The lowest BCUT2D eigenvalue weighted by atomic mass is 10.4. The Morgan fingerprint density at radius 2 is 1.94 bits per heavy atom. The Balaban J connectivity index is 2.40. The van der Waals surface area contributed by atoms with Gasteiger partial charge in [0.2, 0.25) is 10.0 Å². The molecule has 100 valence electrons. The van der Waals surface area contributed by atoms with Crippen molar-refractivity contribution in [2.45, 2.75) is 11.3 Å². The minimum Gasteiger partial charge on any atom is -0.380 e. The zero-order valence-electron chi connectivity index (χ0n) is 9.93. The van der Waals surface area contributed by atoms with Crippen LogP contribution in [0.1, 0.15) is 6.42 Å². The molecule has 0 saturated carbocycles. The SMILES string of the molecule is C=CCCOCCNS(=O)(=O)c1ccc(F)cc1. The molecule has 0 atom stereocenters. The van der Waals surface area contributed by atoms with E-state index in [2.05, 4.69) is 11.3 Å². The van der Waals surface area contributed by atoms with Crippen LogP contribution in [0.5, 0.6) is 0 Å². The number of rotatable bonds is 8. The molecule has 0 unspecified atom stereocenters. The predicted molar refractivity (Wildman–Crippen MR) is 67.2 cm³/mol. The number of sulfonamides is 1. The van der Waals surface area contributed by atoms with Gasteiger partial charge in [0.15, 0.2) is 0 Å². The van der Waals surface area contributed by atoms with Gasteiger partial charge in [0.1, 0.15) is 5.82 Å². The van der Waals surface area contributed by atoms with Crippen molar-refractivity contribution in [3.05, 3.63) is 42.7 Å². The van der Waals surface area contributed by atoms with Gasteiger partial charge in [-0.3, -0.25) is 0 Å². The van der Waals surface area contributed by atoms with Crippen LogP contribution in [0.25, 0.3) is 0 Å². The lowest BCUT2D eigenvalue weighted by Crippen LogP contribution is -2.27. The summed E-state index contributed by atoms with van der Waals surface area (Å²) in [7, 11) is -3.59. The fourth-order valence-electron chi connectivity index (χ4n) is 1.21. The first-order valence-electron chi connectivity index (χ1n) is 5.50. The molecule has 0 aliphatic heterocycles. The number of ether oxygens (including phenoxy) is 1. The minimum atomic E-state index is -3.59. The van der Waals surface area contributed by atoms with Crippen LogP contribution in [0.3, 0.4) is 0 Å². The third-order valence-corrected chi connectivity index (χ3v) is 3.61. The lowest BCUT2D eigenvalue weighted by Gasteiger charge is -2.07. The first-order chi connectivity index (χ1) is 8.56. The second kappa shape index (κ2) is 7.25. The van der Waals surface area contributed by atoms with E-state index in [1.807, 2.05) is 0 Å². The highest BCUT2D eigenvalue weighted by molar-refractivity contribution is 7.89. The Bertz CT molecular complexity index is 471. The van der Waals surface area contributed by atoms with Crippen molar-refractivity contribution in [3.8, 4) is 0 Å². The van der Waals surface area contributed by atoms with Crippen molar-refractivity contribution in [2.24, 2.45) is 0 Å². The molecule has 1 aromatic carbocycles. The van der Waals surface area contributed by atoms with Crippen molar-refractivity contribution in [1.29, 1.82) is 0 Å². The van der Waals surface area contributed by atoms with Gasteiger partial charge in [0.25, 0.3) is 0 Å². The Labute approximate surface area is 107 Å². The third-order valence-electron chi connectivity index (χ3n) is 2.13. The zero-order valence-corrected chi connectivity index (χ0v) is 10.7. The van der Waals surface area contributed by atoms with Crippen LogP contribution >= 0.6 is 0 Å². The molecule has 0 heterocycles. The van der Waals surface area contributed by atoms with E-state index in [-0.39, 0.29) is 18.0 Å².